The molecular formula is C17H11Cl2N3O3. The molecule has 2 aromatic rings. The van der Waals surface area contributed by atoms with Crippen LogP contribution >= 0.6 is 23.2 Å². The van der Waals surface area contributed by atoms with E-state index in [2.05, 4.69) is 5.32 Å². The first-order valence-corrected chi connectivity index (χ1v) is 7.70. The third-order valence-electron chi connectivity index (χ3n) is 3.23. The third kappa shape index (κ3) is 4.57. The number of carbonyl (C=O) groups excluding carboxylic acids is 1. The van der Waals surface area contributed by atoms with Crippen LogP contribution < -0.4 is 5.32 Å². The molecule has 0 saturated carbocycles. The average molecular weight is 376 g/mol. The molecular weight excluding hydrogens is 365 g/mol. The summed E-state index contributed by atoms with van der Waals surface area (Å²) in [5, 5.41) is 23.4. The highest BCUT2D eigenvalue weighted by Gasteiger charge is 2.18. The van der Waals surface area contributed by atoms with Crippen LogP contribution in [0.3, 0.4) is 0 Å². The Morgan fingerprint density at radius 1 is 1.28 bits per heavy atom. The molecule has 0 fully saturated rings. The summed E-state index contributed by atoms with van der Waals surface area (Å²) in [4.78, 5) is 22.8. The van der Waals surface area contributed by atoms with Crippen LogP contribution in [-0.4, -0.2) is 10.8 Å². The summed E-state index contributed by atoms with van der Waals surface area (Å²) in [6.07, 6.45) is 1.29. The SMILES string of the molecule is Cc1ccc(NC(=O)/C(C#N)=C/c2ccc(Cl)cc2Cl)c([N+](=O)[O-])c1. The Hall–Kier alpha value is -2.88. The molecule has 0 aromatic heterocycles. The number of nitriles is 1. The van der Waals surface area contributed by atoms with Crippen molar-refractivity contribution in [3.05, 3.63) is 73.3 Å². The van der Waals surface area contributed by atoms with Gasteiger partial charge in [0, 0.05) is 16.1 Å². The van der Waals surface area contributed by atoms with Gasteiger partial charge in [-0.05, 0) is 42.3 Å². The molecule has 2 rings (SSSR count). The zero-order valence-electron chi connectivity index (χ0n) is 12.9. The van der Waals surface area contributed by atoms with E-state index in [9.17, 15) is 20.2 Å². The van der Waals surface area contributed by atoms with Crippen molar-refractivity contribution >= 4 is 46.6 Å². The van der Waals surface area contributed by atoms with Gasteiger partial charge in [-0.2, -0.15) is 5.26 Å². The number of nitrogens with zero attached hydrogens (tertiary/aromatic N) is 2. The van der Waals surface area contributed by atoms with Gasteiger partial charge in [-0.15, -0.1) is 0 Å². The number of nitro benzene ring substituents is 1. The highest BCUT2D eigenvalue weighted by atomic mass is 35.5. The second-order valence-corrected chi connectivity index (χ2v) is 5.91. The molecule has 25 heavy (non-hydrogen) atoms. The molecule has 0 spiro atoms. The van der Waals surface area contributed by atoms with Gasteiger partial charge in [0.25, 0.3) is 11.6 Å². The Morgan fingerprint density at radius 2 is 2.00 bits per heavy atom. The maximum Gasteiger partial charge on any atom is 0.293 e. The summed E-state index contributed by atoms with van der Waals surface area (Å²) in [5.41, 5.74) is 0.600. The predicted octanol–water partition coefficient (Wildman–Crippen LogP) is 4.76. The third-order valence-corrected chi connectivity index (χ3v) is 3.79. The van der Waals surface area contributed by atoms with Gasteiger partial charge >= 0.3 is 0 Å². The number of benzene rings is 2. The molecule has 0 bridgehead atoms. The molecule has 0 aliphatic rings. The highest BCUT2D eigenvalue weighted by Crippen LogP contribution is 2.27. The molecule has 1 amide bonds. The van der Waals surface area contributed by atoms with Crippen LogP contribution in [0.4, 0.5) is 11.4 Å². The largest absolute Gasteiger partial charge is 0.316 e. The number of nitrogens with one attached hydrogen (secondary N) is 1. The number of halogens is 2. The van der Waals surface area contributed by atoms with E-state index >= 15 is 0 Å². The Bertz CT molecular complexity index is 933. The fourth-order valence-corrected chi connectivity index (χ4v) is 2.47. The van der Waals surface area contributed by atoms with Crippen LogP contribution in [0.25, 0.3) is 6.08 Å². The molecule has 126 valence electrons. The first kappa shape index (κ1) is 18.5. The standard InChI is InChI=1S/C17H11Cl2N3O3/c1-10-2-5-15(16(6-10)22(24)25)21-17(23)12(9-20)7-11-3-4-13(18)8-14(11)19/h2-8H,1H3,(H,21,23)/b12-7+. The molecule has 0 aliphatic heterocycles. The van der Waals surface area contributed by atoms with Gasteiger partial charge in [0.2, 0.25) is 0 Å². The number of nitro groups is 1. The van der Waals surface area contributed by atoms with Gasteiger partial charge < -0.3 is 5.32 Å². The number of hydrogen-bond donors (Lipinski definition) is 1. The maximum atomic E-state index is 12.3. The Morgan fingerprint density at radius 3 is 2.60 bits per heavy atom. The minimum absolute atomic E-state index is 0.00366. The zero-order valence-corrected chi connectivity index (χ0v) is 14.4. The Balaban J connectivity index is 2.34. The molecule has 6 nitrogen and oxygen atoms in total. The van der Waals surface area contributed by atoms with Crippen molar-refractivity contribution in [3.8, 4) is 6.07 Å². The topological polar surface area (TPSA) is 96.0 Å². The minimum Gasteiger partial charge on any atom is -0.316 e. The molecule has 0 unspecified atom stereocenters. The van der Waals surface area contributed by atoms with Gasteiger partial charge in [-0.3, -0.25) is 14.9 Å². The van der Waals surface area contributed by atoms with E-state index in [4.69, 9.17) is 23.2 Å². The molecule has 1 N–H and O–H groups in total. The second kappa shape index (κ2) is 7.79. The van der Waals surface area contributed by atoms with Gasteiger partial charge in [-0.1, -0.05) is 35.3 Å². The first-order chi connectivity index (χ1) is 11.8. The predicted molar refractivity (Wildman–Crippen MR) is 96.5 cm³/mol. The summed E-state index contributed by atoms with van der Waals surface area (Å²) in [6, 6.07) is 10.7. The number of anilines is 1. The first-order valence-electron chi connectivity index (χ1n) is 6.95. The van der Waals surface area contributed by atoms with Crippen molar-refractivity contribution in [2.24, 2.45) is 0 Å². The van der Waals surface area contributed by atoms with E-state index in [1.165, 1.54) is 24.3 Å². The van der Waals surface area contributed by atoms with E-state index in [0.717, 1.165) is 0 Å². The zero-order chi connectivity index (χ0) is 18.6. The number of carbonyl (C=O) groups is 1. The van der Waals surface area contributed by atoms with Crippen molar-refractivity contribution in [2.75, 3.05) is 5.32 Å². The molecule has 0 heterocycles. The van der Waals surface area contributed by atoms with Crippen LogP contribution in [0.2, 0.25) is 10.0 Å². The van der Waals surface area contributed by atoms with Gasteiger partial charge in [0.1, 0.15) is 17.3 Å². The molecule has 2 aromatic carbocycles. The smallest absolute Gasteiger partial charge is 0.293 e. The van der Waals surface area contributed by atoms with Gasteiger partial charge in [-0.25, -0.2) is 0 Å². The van der Waals surface area contributed by atoms with Crippen molar-refractivity contribution in [3.63, 3.8) is 0 Å². The quantitative estimate of drug-likeness (QED) is 0.360. The summed E-state index contributed by atoms with van der Waals surface area (Å²) in [7, 11) is 0. The minimum atomic E-state index is -0.777. The molecule has 8 heteroatoms. The van der Waals surface area contributed by atoms with Crippen LogP contribution in [0.1, 0.15) is 11.1 Å². The van der Waals surface area contributed by atoms with Gasteiger partial charge in [0.15, 0.2) is 0 Å². The molecule has 0 atom stereocenters. The van der Waals surface area contributed by atoms with Crippen molar-refractivity contribution in [2.45, 2.75) is 6.92 Å². The van der Waals surface area contributed by atoms with E-state index in [-0.39, 0.29) is 22.0 Å². The summed E-state index contributed by atoms with van der Waals surface area (Å²) in [6.45, 7) is 1.70. The van der Waals surface area contributed by atoms with Crippen LogP contribution in [0.15, 0.2) is 42.0 Å². The summed E-state index contributed by atoms with van der Waals surface area (Å²) in [5.74, 6) is -0.777. The van der Waals surface area contributed by atoms with E-state index in [1.54, 1.807) is 31.2 Å². The summed E-state index contributed by atoms with van der Waals surface area (Å²) >= 11 is 11.8. The number of aryl methyl sites for hydroxylation is 1. The molecule has 0 aliphatic carbocycles. The van der Waals surface area contributed by atoms with Crippen molar-refractivity contribution in [1.82, 2.24) is 0 Å². The van der Waals surface area contributed by atoms with Crippen molar-refractivity contribution < 1.29 is 9.72 Å². The lowest BCUT2D eigenvalue weighted by Crippen LogP contribution is -2.14. The number of rotatable bonds is 4. The highest BCUT2D eigenvalue weighted by molar-refractivity contribution is 6.35. The Kier molecular flexibility index (Phi) is 5.75. The van der Waals surface area contributed by atoms with E-state index < -0.39 is 10.8 Å². The summed E-state index contributed by atoms with van der Waals surface area (Å²) < 4.78 is 0. The molecule has 0 saturated heterocycles. The maximum absolute atomic E-state index is 12.3. The average Bonchev–Trinajstić information content (AvgIpc) is 2.55. The monoisotopic (exact) mass is 375 g/mol. The lowest BCUT2D eigenvalue weighted by atomic mass is 10.1. The van der Waals surface area contributed by atoms with Crippen LogP contribution in [0, 0.1) is 28.4 Å². The fraction of sp³-hybridized carbons (Fsp3) is 0.0588. The lowest BCUT2D eigenvalue weighted by Gasteiger charge is -2.06. The normalized spacial score (nSPS) is 10.9. The van der Waals surface area contributed by atoms with Crippen LogP contribution in [-0.2, 0) is 4.79 Å². The van der Waals surface area contributed by atoms with Gasteiger partial charge in [0.05, 0.1) is 4.92 Å². The van der Waals surface area contributed by atoms with E-state index in [0.29, 0.717) is 16.1 Å². The Labute approximate surface area is 153 Å². The second-order valence-electron chi connectivity index (χ2n) is 5.07. The van der Waals surface area contributed by atoms with Crippen LogP contribution in [0.5, 0.6) is 0 Å². The lowest BCUT2D eigenvalue weighted by molar-refractivity contribution is -0.384. The number of amides is 1. The van der Waals surface area contributed by atoms with Crippen molar-refractivity contribution in [1.29, 1.82) is 5.26 Å². The fourth-order valence-electron chi connectivity index (χ4n) is 2.01. The molecule has 0 radical (unpaired) electrons. The number of hydrogen-bond acceptors (Lipinski definition) is 4. The van der Waals surface area contributed by atoms with E-state index in [1.807, 2.05) is 0 Å².